The molecule has 8 nitrogen and oxygen atoms in total. The number of hydrogen-bond donors (Lipinski definition) is 1. The summed E-state index contributed by atoms with van der Waals surface area (Å²) in [5.41, 5.74) is -1.16. The van der Waals surface area contributed by atoms with Crippen LogP contribution in [0.1, 0.15) is 66.7 Å². The summed E-state index contributed by atoms with van der Waals surface area (Å²) in [5.74, 6) is -1.92. The molecule has 10 atom stereocenters. The van der Waals surface area contributed by atoms with Crippen molar-refractivity contribution in [1.82, 2.24) is 0 Å². The molecule has 0 aromatic heterocycles. The van der Waals surface area contributed by atoms with Crippen LogP contribution in [-0.4, -0.2) is 53.7 Å². The maximum atomic E-state index is 13.7. The zero-order valence-electron chi connectivity index (χ0n) is 21.2. The lowest BCUT2D eigenvalue weighted by molar-refractivity contribution is -0.272. The van der Waals surface area contributed by atoms with Gasteiger partial charge in [-0.1, -0.05) is 26.3 Å². The summed E-state index contributed by atoms with van der Waals surface area (Å²) < 4.78 is 17.2. The third-order valence-electron chi connectivity index (χ3n) is 10.2. The summed E-state index contributed by atoms with van der Waals surface area (Å²) in [5, 5.41) is 10.7. The van der Waals surface area contributed by atoms with Crippen molar-refractivity contribution in [2.45, 2.75) is 85.0 Å². The van der Waals surface area contributed by atoms with Crippen LogP contribution in [0.4, 0.5) is 0 Å². The van der Waals surface area contributed by atoms with Gasteiger partial charge < -0.3 is 19.3 Å². The van der Waals surface area contributed by atoms with Gasteiger partial charge in [-0.15, -0.1) is 0 Å². The molecule has 192 valence electrons. The molecule has 10 unspecified atom stereocenters. The normalized spacial score (nSPS) is 48.8. The van der Waals surface area contributed by atoms with Gasteiger partial charge in [0.1, 0.15) is 18.3 Å². The number of ether oxygens (including phenoxy) is 3. The molecule has 0 aromatic rings. The van der Waals surface area contributed by atoms with Gasteiger partial charge in [-0.05, 0) is 49.5 Å². The Kier molecular flexibility index (Phi) is 5.52. The van der Waals surface area contributed by atoms with Gasteiger partial charge in [-0.25, -0.2) is 0 Å². The largest absolute Gasteiger partial charge is 0.465 e. The van der Waals surface area contributed by atoms with E-state index in [1.165, 1.54) is 6.92 Å². The Hall–Kier alpha value is -2.22. The van der Waals surface area contributed by atoms with E-state index in [2.05, 4.69) is 13.8 Å². The van der Waals surface area contributed by atoms with Crippen molar-refractivity contribution in [3.63, 3.8) is 0 Å². The number of hydrogen-bond acceptors (Lipinski definition) is 8. The second-order valence-corrected chi connectivity index (χ2v) is 12.3. The molecular formula is C27H36O8. The van der Waals surface area contributed by atoms with E-state index in [0.717, 1.165) is 5.57 Å². The van der Waals surface area contributed by atoms with Crippen molar-refractivity contribution in [2.24, 2.45) is 39.9 Å². The minimum absolute atomic E-state index is 0.0252. The fourth-order valence-electron chi connectivity index (χ4n) is 9.14. The standard InChI is InChI=1S/C27H36O8/c1-13-6-17(29)24(32)26(4)16(13)8-20-27(5)19(9-22(31)35-20)25(3,10-15-7-21(30)33-12-15)11-18(23(26)27)34-14(2)28/h6,15-20,23,29H,7-12H2,1-5H3. The first-order chi connectivity index (χ1) is 16.3. The lowest BCUT2D eigenvalue weighted by Gasteiger charge is -2.69. The first kappa shape index (κ1) is 24.5. The molecule has 2 saturated carbocycles. The van der Waals surface area contributed by atoms with Gasteiger partial charge in [0, 0.05) is 36.0 Å². The highest BCUT2D eigenvalue weighted by molar-refractivity contribution is 5.93. The smallest absolute Gasteiger partial charge is 0.306 e. The van der Waals surface area contributed by atoms with Crippen LogP contribution in [0.5, 0.6) is 0 Å². The van der Waals surface area contributed by atoms with Crippen LogP contribution < -0.4 is 0 Å². The van der Waals surface area contributed by atoms with Gasteiger partial charge in [0.15, 0.2) is 5.78 Å². The third-order valence-corrected chi connectivity index (χ3v) is 10.2. The van der Waals surface area contributed by atoms with Crippen molar-refractivity contribution in [1.29, 1.82) is 0 Å². The van der Waals surface area contributed by atoms with Crippen molar-refractivity contribution < 1.29 is 38.5 Å². The van der Waals surface area contributed by atoms with Crippen LogP contribution in [0, 0.1) is 39.9 Å². The van der Waals surface area contributed by atoms with Gasteiger partial charge in [0.05, 0.1) is 13.0 Å². The minimum Gasteiger partial charge on any atom is -0.465 e. The predicted octanol–water partition coefficient (Wildman–Crippen LogP) is 2.75. The van der Waals surface area contributed by atoms with E-state index in [9.17, 15) is 24.3 Å². The monoisotopic (exact) mass is 488 g/mol. The maximum Gasteiger partial charge on any atom is 0.306 e. The fourth-order valence-corrected chi connectivity index (χ4v) is 9.14. The average molecular weight is 489 g/mol. The Morgan fingerprint density at radius 2 is 1.89 bits per heavy atom. The molecule has 0 amide bonds. The van der Waals surface area contributed by atoms with E-state index in [4.69, 9.17) is 14.2 Å². The molecule has 8 heteroatoms. The molecule has 4 fully saturated rings. The van der Waals surface area contributed by atoms with E-state index < -0.39 is 46.4 Å². The Morgan fingerprint density at radius 1 is 1.17 bits per heavy atom. The highest BCUT2D eigenvalue weighted by Crippen LogP contribution is 2.71. The van der Waals surface area contributed by atoms with Gasteiger partial charge >= 0.3 is 17.9 Å². The summed E-state index contributed by atoms with van der Waals surface area (Å²) >= 11 is 0. The lowest BCUT2D eigenvalue weighted by atomic mass is 9.36. The van der Waals surface area contributed by atoms with Gasteiger partial charge in [0.25, 0.3) is 0 Å². The molecule has 5 rings (SSSR count). The van der Waals surface area contributed by atoms with Crippen LogP contribution in [-0.2, 0) is 33.4 Å². The highest BCUT2D eigenvalue weighted by atomic mass is 16.6. The van der Waals surface area contributed by atoms with Crippen LogP contribution in [0.15, 0.2) is 11.6 Å². The number of aliphatic hydroxyl groups is 1. The first-order valence-electron chi connectivity index (χ1n) is 12.7. The fraction of sp³-hybridized carbons (Fsp3) is 0.778. The van der Waals surface area contributed by atoms with Crippen LogP contribution >= 0.6 is 0 Å². The zero-order valence-corrected chi connectivity index (χ0v) is 21.2. The van der Waals surface area contributed by atoms with Crippen molar-refractivity contribution in [3.8, 4) is 0 Å². The van der Waals surface area contributed by atoms with Gasteiger partial charge in [-0.3, -0.25) is 19.2 Å². The molecule has 2 saturated heterocycles. The van der Waals surface area contributed by atoms with E-state index in [1.54, 1.807) is 6.08 Å². The average Bonchev–Trinajstić information content (AvgIpc) is 3.14. The maximum absolute atomic E-state index is 13.7. The number of cyclic esters (lactones) is 1. The summed E-state index contributed by atoms with van der Waals surface area (Å²) in [6.07, 6.45) is 1.51. The van der Waals surface area contributed by atoms with Crippen molar-refractivity contribution in [2.75, 3.05) is 6.61 Å². The molecule has 5 aliphatic rings. The summed E-state index contributed by atoms with van der Waals surface area (Å²) in [6.45, 7) is 9.74. The van der Waals surface area contributed by atoms with Crippen LogP contribution in [0.25, 0.3) is 0 Å². The van der Waals surface area contributed by atoms with Crippen LogP contribution in [0.3, 0.4) is 0 Å². The van der Waals surface area contributed by atoms with Gasteiger partial charge in [0.2, 0.25) is 0 Å². The number of Topliss-reactive ketones (excluding diaryl/α,β-unsaturated/α-hetero) is 1. The number of rotatable bonds is 3. The molecule has 1 N–H and O–H groups in total. The SMILES string of the molecule is CC(=O)OC1CC(C)(CC2COC(=O)C2)C2CC(=O)OC3CC4C(C)=CC(O)C(=O)C4(C)C1C32C. The van der Waals surface area contributed by atoms with E-state index >= 15 is 0 Å². The molecular weight excluding hydrogens is 452 g/mol. The number of esters is 3. The second-order valence-electron chi connectivity index (χ2n) is 12.3. The molecule has 2 heterocycles. The lowest BCUT2D eigenvalue weighted by Crippen LogP contribution is -2.73. The number of carbonyl (C=O) groups is 4. The molecule has 0 aromatic carbocycles. The van der Waals surface area contributed by atoms with Crippen LogP contribution in [0.2, 0.25) is 0 Å². The van der Waals surface area contributed by atoms with Crippen molar-refractivity contribution >= 4 is 23.7 Å². The third kappa shape index (κ3) is 3.42. The van der Waals surface area contributed by atoms with Gasteiger partial charge in [-0.2, -0.15) is 0 Å². The number of ketones is 1. The quantitative estimate of drug-likeness (QED) is 0.366. The number of aliphatic hydroxyl groups excluding tert-OH is 1. The first-order valence-corrected chi connectivity index (χ1v) is 12.7. The molecule has 2 aliphatic heterocycles. The topological polar surface area (TPSA) is 116 Å². The number of fused-ring (bicyclic) bond motifs is 2. The molecule has 0 spiro atoms. The highest BCUT2D eigenvalue weighted by Gasteiger charge is 2.74. The molecule has 0 bridgehead atoms. The Balaban J connectivity index is 1.66. The zero-order chi connectivity index (χ0) is 25.5. The van der Waals surface area contributed by atoms with E-state index in [-0.39, 0.29) is 41.9 Å². The number of carbonyl (C=O) groups excluding carboxylic acids is 4. The van der Waals surface area contributed by atoms with Crippen molar-refractivity contribution in [3.05, 3.63) is 11.6 Å². The summed E-state index contributed by atoms with van der Waals surface area (Å²) in [7, 11) is 0. The Morgan fingerprint density at radius 3 is 2.51 bits per heavy atom. The summed E-state index contributed by atoms with van der Waals surface area (Å²) in [6, 6.07) is 0. The molecule has 3 aliphatic carbocycles. The van der Waals surface area contributed by atoms with E-state index in [1.807, 2.05) is 13.8 Å². The second kappa shape index (κ2) is 7.89. The minimum atomic E-state index is -1.21. The Bertz CT molecular complexity index is 1020. The summed E-state index contributed by atoms with van der Waals surface area (Å²) in [4.78, 5) is 50.8. The predicted molar refractivity (Wildman–Crippen MR) is 123 cm³/mol. The number of allylic oxidation sites excluding steroid dienone is 1. The van der Waals surface area contributed by atoms with E-state index in [0.29, 0.717) is 32.3 Å². The Labute approximate surface area is 205 Å². The molecule has 0 radical (unpaired) electrons. The molecule has 35 heavy (non-hydrogen) atoms.